The molecule has 0 fully saturated rings. The van der Waals surface area contributed by atoms with E-state index in [2.05, 4.69) is 34.0 Å². The van der Waals surface area contributed by atoms with Gasteiger partial charge in [-0.15, -0.1) is 0 Å². The van der Waals surface area contributed by atoms with Crippen LogP contribution in [0.1, 0.15) is 20.8 Å². The Morgan fingerprint density at radius 1 is 1.24 bits per heavy atom. The minimum atomic E-state index is -0.208. The zero-order valence-corrected chi connectivity index (χ0v) is 15.1. The van der Waals surface area contributed by atoms with Gasteiger partial charge < -0.3 is 19.9 Å². The molecule has 1 amide bonds. The Bertz CT molecular complexity index is 793. The summed E-state index contributed by atoms with van der Waals surface area (Å²) in [5, 5.41) is 3.20. The number of likely N-dealkylation sites (N-methyl/N-ethyl adjacent to an activating group) is 1. The van der Waals surface area contributed by atoms with Crippen molar-refractivity contribution in [2.24, 2.45) is 0 Å². The molecule has 1 aliphatic heterocycles. The molecule has 2 aromatic rings. The van der Waals surface area contributed by atoms with Crippen molar-refractivity contribution in [1.82, 2.24) is 9.97 Å². The van der Waals surface area contributed by atoms with Crippen molar-refractivity contribution in [1.29, 1.82) is 0 Å². The molecular formula is C18H23N5O2. The second kappa shape index (κ2) is 6.58. The average Bonchev–Trinajstić information content (AvgIpc) is 2.59. The first kappa shape index (κ1) is 17.0. The maximum absolute atomic E-state index is 12.5. The second-order valence-corrected chi connectivity index (χ2v) is 6.33. The molecule has 0 spiro atoms. The van der Waals surface area contributed by atoms with Crippen molar-refractivity contribution in [3.63, 3.8) is 0 Å². The zero-order valence-electron chi connectivity index (χ0n) is 15.1. The molecule has 0 saturated heterocycles. The quantitative estimate of drug-likeness (QED) is 0.922. The summed E-state index contributed by atoms with van der Waals surface area (Å²) in [6.45, 7) is 6.11. The largest absolute Gasteiger partial charge is 0.481 e. The molecule has 2 heterocycles. The van der Waals surface area contributed by atoms with Gasteiger partial charge >= 0.3 is 0 Å². The number of nitrogens with one attached hydrogen (secondary N) is 1. The van der Waals surface area contributed by atoms with Crippen LogP contribution in [0.15, 0.2) is 30.5 Å². The predicted octanol–water partition coefficient (Wildman–Crippen LogP) is 2.81. The van der Waals surface area contributed by atoms with Crippen molar-refractivity contribution in [3.8, 4) is 5.88 Å². The maximum atomic E-state index is 12.5. The van der Waals surface area contributed by atoms with Crippen molar-refractivity contribution < 1.29 is 9.53 Å². The van der Waals surface area contributed by atoms with Gasteiger partial charge in [0, 0.05) is 31.0 Å². The molecule has 0 unspecified atom stereocenters. The molecule has 3 rings (SSSR count). The zero-order chi connectivity index (χ0) is 18.1. The Morgan fingerprint density at radius 3 is 2.68 bits per heavy atom. The highest BCUT2D eigenvalue weighted by Gasteiger charge is 2.34. The molecule has 132 valence electrons. The molecule has 1 aromatic heterocycles. The minimum Gasteiger partial charge on any atom is -0.481 e. The third-order valence-electron chi connectivity index (χ3n) is 4.37. The number of rotatable bonds is 4. The number of hydrogen-bond acceptors (Lipinski definition) is 6. The van der Waals surface area contributed by atoms with Gasteiger partial charge in [-0.05, 0) is 39.0 Å². The van der Waals surface area contributed by atoms with Crippen LogP contribution in [0.2, 0.25) is 0 Å². The predicted molar refractivity (Wildman–Crippen MR) is 98.8 cm³/mol. The number of fused-ring (bicyclic) bond motifs is 1. The molecule has 1 atom stereocenters. The van der Waals surface area contributed by atoms with Gasteiger partial charge in [-0.25, -0.2) is 4.98 Å². The van der Waals surface area contributed by atoms with Crippen LogP contribution in [0, 0.1) is 0 Å². The summed E-state index contributed by atoms with van der Waals surface area (Å²) >= 11 is 0. The monoisotopic (exact) mass is 341 g/mol. The van der Waals surface area contributed by atoms with E-state index in [0.29, 0.717) is 11.8 Å². The number of ether oxygens (including phenoxy) is 1. The smallest absolute Gasteiger partial charge is 0.249 e. The Labute approximate surface area is 147 Å². The third kappa shape index (κ3) is 3.09. The van der Waals surface area contributed by atoms with E-state index < -0.39 is 0 Å². The van der Waals surface area contributed by atoms with Crippen molar-refractivity contribution >= 4 is 28.9 Å². The van der Waals surface area contributed by atoms with Crippen LogP contribution in [0.4, 0.5) is 23.0 Å². The Morgan fingerprint density at radius 2 is 2.00 bits per heavy atom. The SMILES string of the molecule is COc1ccnc(Nc2ccc3c(c2)N(C(C)C)[C@H](C)C(=O)N3C)n1. The molecule has 1 N–H and O–H groups in total. The van der Waals surface area contributed by atoms with Gasteiger partial charge in [0.15, 0.2) is 0 Å². The van der Waals surface area contributed by atoms with E-state index in [1.54, 1.807) is 24.3 Å². The van der Waals surface area contributed by atoms with Gasteiger partial charge in [-0.3, -0.25) is 4.79 Å². The van der Waals surface area contributed by atoms with E-state index in [-0.39, 0.29) is 18.0 Å². The summed E-state index contributed by atoms with van der Waals surface area (Å²) in [5.41, 5.74) is 2.76. The fourth-order valence-corrected chi connectivity index (χ4v) is 3.19. The lowest BCUT2D eigenvalue weighted by Crippen LogP contribution is -2.53. The summed E-state index contributed by atoms with van der Waals surface area (Å²) in [5.74, 6) is 1.06. The molecule has 7 heteroatoms. The highest BCUT2D eigenvalue weighted by atomic mass is 16.5. The van der Waals surface area contributed by atoms with E-state index in [9.17, 15) is 4.79 Å². The topological polar surface area (TPSA) is 70.6 Å². The molecule has 0 bridgehead atoms. The van der Waals surface area contributed by atoms with Gasteiger partial charge in [-0.2, -0.15) is 4.98 Å². The number of carbonyl (C=O) groups excluding carboxylic acids is 1. The first-order valence-electron chi connectivity index (χ1n) is 8.26. The van der Waals surface area contributed by atoms with Crippen LogP contribution in [0.3, 0.4) is 0 Å². The lowest BCUT2D eigenvalue weighted by atomic mass is 10.0. The Hall–Kier alpha value is -2.83. The number of methoxy groups -OCH3 is 1. The number of amides is 1. The molecule has 7 nitrogen and oxygen atoms in total. The van der Waals surface area contributed by atoms with Gasteiger partial charge in [0.1, 0.15) is 6.04 Å². The number of anilines is 4. The van der Waals surface area contributed by atoms with Crippen molar-refractivity contribution in [2.75, 3.05) is 29.3 Å². The standard InChI is InChI=1S/C18H23N5O2/c1-11(2)23-12(3)17(24)22(4)14-7-6-13(10-15(14)23)20-18-19-9-8-16(21-18)25-5/h6-12H,1-5H3,(H,19,20,21)/t12-/m1/s1. The normalized spacial score (nSPS) is 16.9. The number of carbonyl (C=O) groups is 1. The third-order valence-corrected chi connectivity index (χ3v) is 4.37. The lowest BCUT2D eigenvalue weighted by molar-refractivity contribution is -0.119. The van der Waals surface area contributed by atoms with Crippen LogP contribution < -0.4 is 19.9 Å². The number of benzene rings is 1. The van der Waals surface area contributed by atoms with E-state index in [1.807, 2.05) is 32.2 Å². The highest BCUT2D eigenvalue weighted by Crippen LogP contribution is 2.38. The molecule has 0 aliphatic carbocycles. The van der Waals surface area contributed by atoms with Crippen molar-refractivity contribution in [3.05, 3.63) is 30.5 Å². The minimum absolute atomic E-state index is 0.0954. The van der Waals surface area contributed by atoms with E-state index >= 15 is 0 Å². The van der Waals surface area contributed by atoms with Gasteiger partial charge in [0.25, 0.3) is 0 Å². The van der Waals surface area contributed by atoms with Gasteiger partial charge in [0.05, 0.1) is 18.5 Å². The summed E-state index contributed by atoms with van der Waals surface area (Å²) in [6.07, 6.45) is 1.64. The molecule has 1 aliphatic rings. The van der Waals surface area contributed by atoms with Crippen LogP contribution >= 0.6 is 0 Å². The highest BCUT2D eigenvalue weighted by molar-refractivity contribution is 6.05. The fraction of sp³-hybridized carbons (Fsp3) is 0.389. The summed E-state index contributed by atoms with van der Waals surface area (Å²) in [6, 6.07) is 7.57. The lowest BCUT2D eigenvalue weighted by Gasteiger charge is -2.42. The van der Waals surface area contributed by atoms with Gasteiger partial charge in [0.2, 0.25) is 17.7 Å². The number of aromatic nitrogens is 2. The number of hydrogen-bond donors (Lipinski definition) is 1. The maximum Gasteiger partial charge on any atom is 0.249 e. The average molecular weight is 341 g/mol. The first-order valence-corrected chi connectivity index (χ1v) is 8.26. The second-order valence-electron chi connectivity index (χ2n) is 6.33. The summed E-state index contributed by atoms with van der Waals surface area (Å²) in [7, 11) is 3.38. The first-order chi connectivity index (χ1) is 11.9. The molecular weight excluding hydrogens is 318 g/mol. The molecule has 0 saturated carbocycles. The van der Waals surface area contributed by atoms with E-state index in [4.69, 9.17) is 4.74 Å². The summed E-state index contributed by atoms with van der Waals surface area (Å²) < 4.78 is 5.13. The van der Waals surface area contributed by atoms with E-state index in [0.717, 1.165) is 17.1 Å². The van der Waals surface area contributed by atoms with Crippen LogP contribution in [0.25, 0.3) is 0 Å². The van der Waals surface area contributed by atoms with Crippen LogP contribution in [-0.4, -0.2) is 42.1 Å². The van der Waals surface area contributed by atoms with Gasteiger partial charge in [-0.1, -0.05) is 0 Å². The molecule has 25 heavy (non-hydrogen) atoms. The van der Waals surface area contributed by atoms with Crippen LogP contribution in [-0.2, 0) is 4.79 Å². The molecule has 0 radical (unpaired) electrons. The molecule has 1 aromatic carbocycles. The summed E-state index contributed by atoms with van der Waals surface area (Å²) in [4.78, 5) is 24.8. The Kier molecular flexibility index (Phi) is 4.48. The van der Waals surface area contributed by atoms with Crippen LogP contribution in [0.5, 0.6) is 5.88 Å². The Balaban J connectivity index is 1.98. The van der Waals surface area contributed by atoms with Crippen molar-refractivity contribution in [2.45, 2.75) is 32.9 Å². The number of nitrogens with zero attached hydrogens (tertiary/aromatic N) is 4. The fourth-order valence-electron chi connectivity index (χ4n) is 3.19. The van der Waals surface area contributed by atoms with E-state index in [1.165, 1.54) is 0 Å².